The van der Waals surface area contributed by atoms with Gasteiger partial charge in [-0.15, -0.1) is 0 Å². The van der Waals surface area contributed by atoms with E-state index in [-0.39, 0.29) is 0 Å². The van der Waals surface area contributed by atoms with Crippen LogP contribution in [0.15, 0.2) is 24.3 Å². The summed E-state index contributed by atoms with van der Waals surface area (Å²) in [7, 11) is 0. The lowest BCUT2D eigenvalue weighted by Gasteiger charge is -2.21. The molecule has 0 bridgehead atoms. The van der Waals surface area contributed by atoms with Crippen LogP contribution in [0.2, 0.25) is 0 Å². The minimum atomic E-state index is -0.934. The van der Waals surface area contributed by atoms with Crippen LogP contribution < -0.4 is 10.6 Å². The number of anilines is 1. The second-order valence-electron chi connectivity index (χ2n) is 3.81. The normalized spacial score (nSPS) is 12.5. The van der Waals surface area contributed by atoms with E-state index in [0.717, 1.165) is 24.3 Å². The Balaban J connectivity index is 2.74. The summed E-state index contributed by atoms with van der Waals surface area (Å²) in [5.41, 5.74) is 7.21. The number of hydrogen-bond acceptors (Lipinski definition) is 2. The number of halogens is 1. The van der Waals surface area contributed by atoms with Crippen LogP contribution in [0.3, 0.4) is 0 Å². The van der Waals surface area contributed by atoms with E-state index in [2.05, 4.69) is 18.7 Å². The molecule has 0 amide bonds. The molecule has 0 radical (unpaired) electrons. The molecule has 1 aromatic carbocycles. The zero-order valence-corrected chi connectivity index (χ0v) is 10.1. The van der Waals surface area contributed by atoms with Gasteiger partial charge >= 0.3 is 0 Å². The van der Waals surface area contributed by atoms with Crippen molar-refractivity contribution < 1.29 is 4.39 Å². The maximum absolute atomic E-state index is 13.5. The van der Waals surface area contributed by atoms with Crippen LogP contribution in [-0.4, -0.2) is 19.6 Å². The molecular weight excluding hydrogens is 203 g/mol. The lowest BCUT2D eigenvalue weighted by Crippen LogP contribution is -2.21. The molecule has 1 rings (SSSR count). The number of rotatable bonds is 6. The first-order valence-corrected chi connectivity index (χ1v) is 5.92. The first-order chi connectivity index (χ1) is 7.72. The van der Waals surface area contributed by atoms with E-state index < -0.39 is 6.17 Å². The van der Waals surface area contributed by atoms with Crippen molar-refractivity contribution in [1.29, 1.82) is 0 Å². The summed E-state index contributed by atoms with van der Waals surface area (Å²) in [6, 6.07) is 7.67. The van der Waals surface area contributed by atoms with Gasteiger partial charge in [-0.05, 0) is 44.5 Å². The summed E-state index contributed by atoms with van der Waals surface area (Å²) in [5.74, 6) is 0. The van der Waals surface area contributed by atoms with Crippen molar-refractivity contribution in [3.8, 4) is 0 Å². The Morgan fingerprint density at radius 1 is 1.19 bits per heavy atom. The molecule has 1 unspecified atom stereocenters. The van der Waals surface area contributed by atoms with E-state index in [1.54, 1.807) is 0 Å². The Labute approximate surface area is 97.3 Å². The van der Waals surface area contributed by atoms with Gasteiger partial charge in [0.2, 0.25) is 0 Å². The summed E-state index contributed by atoms with van der Waals surface area (Å²) < 4.78 is 13.5. The standard InChI is InChI=1S/C13H21FN2/c1-3-16(4-2)12-7-5-11(6-8-12)13(14)9-10-15/h5-8,13H,3-4,9-10,15H2,1-2H3. The summed E-state index contributed by atoms with van der Waals surface area (Å²) >= 11 is 0. The van der Waals surface area contributed by atoms with Crippen LogP contribution in [0, 0.1) is 0 Å². The summed E-state index contributed by atoms with van der Waals surface area (Å²) in [6.07, 6.45) is -0.541. The fraction of sp³-hybridized carbons (Fsp3) is 0.538. The maximum Gasteiger partial charge on any atom is 0.126 e. The molecule has 2 nitrogen and oxygen atoms in total. The predicted molar refractivity (Wildman–Crippen MR) is 67.5 cm³/mol. The van der Waals surface area contributed by atoms with Gasteiger partial charge in [-0.3, -0.25) is 0 Å². The molecule has 0 saturated heterocycles. The van der Waals surface area contributed by atoms with Crippen LogP contribution in [0.25, 0.3) is 0 Å². The lowest BCUT2D eigenvalue weighted by atomic mass is 10.1. The second-order valence-corrected chi connectivity index (χ2v) is 3.81. The molecule has 0 aliphatic carbocycles. The van der Waals surface area contributed by atoms with Gasteiger partial charge in [0.25, 0.3) is 0 Å². The highest BCUT2D eigenvalue weighted by molar-refractivity contribution is 5.47. The fourth-order valence-corrected chi connectivity index (χ4v) is 1.80. The highest BCUT2D eigenvalue weighted by atomic mass is 19.1. The summed E-state index contributed by atoms with van der Waals surface area (Å²) in [4.78, 5) is 2.24. The molecule has 0 aromatic heterocycles. The average Bonchev–Trinajstić information content (AvgIpc) is 2.32. The molecule has 90 valence electrons. The van der Waals surface area contributed by atoms with Gasteiger partial charge in [0.1, 0.15) is 6.17 Å². The summed E-state index contributed by atoms with van der Waals surface area (Å²) in [5, 5.41) is 0. The molecule has 0 saturated carbocycles. The van der Waals surface area contributed by atoms with Crippen molar-refractivity contribution in [2.75, 3.05) is 24.5 Å². The molecule has 3 heteroatoms. The van der Waals surface area contributed by atoms with E-state index in [1.807, 2.05) is 24.3 Å². The second kappa shape index (κ2) is 6.48. The van der Waals surface area contributed by atoms with Crippen molar-refractivity contribution in [1.82, 2.24) is 0 Å². The van der Waals surface area contributed by atoms with Crippen LogP contribution in [0.5, 0.6) is 0 Å². The minimum Gasteiger partial charge on any atom is -0.372 e. The molecule has 0 aliphatic rings. The van der Waals surface area contributed by atoms with Gasteiger partial charge in [-0.2, -0.15) is 0 Å². The summed E-state index contributed by atoms with van der Waals surface area (Å²) in [6.45, 7) is 6.56. The SMILES string of the molecule is CCN(CC)c1ccc(C(F)CCN)cc1. The van der Waals surface area contributed by atoms with Crippen LogP contribution >= 0.6 is 0 Å². The van der Waals surface area contributed by atoms with Crippen LogP contribution in [-0.2, 0) is 0 Å². The van der Waals surface area contributed by atoms with E-state index in [4.69, 9.17) is 5.73 Å². The van der Waals surface area contributed by atoms with Crippen LogP contribution in [0.1, 0.15) is 32.0 Å². The third-order valence-corrected chi connectivity index (χ3v) is 2.80. The molecule has 2 N–H and O–H groups in total. The molecule has 0 spiro atoms. The van der Waals surface area contributed by atoms with Gasteiger partial charge in [0.15, 0.2) is 0 Å². The van der Waals surface area contributed by atoms with Crippen molar-refractivity contribution in [3.63, 3.8) is 0 Å². The Bertz CT molecular complexity index is 293. The monoisotopic (exact) mass is 224 g/mol. The van der Waals surface area contributed by atoms with Gasteiger partial charge in [0, 0.05) is 18.8 Å². The van der Waals surface area contributed by atoms with Crippen molar-refractivity contribution in [2.24, 2.45) is 5.73 Å². The average molecular weight is 224 g/mol. The molecule has 1 aromatic rings. The molecular formula is C13H21FN2. The first kappa shape index (κ1) is 13.0. The van der Waals surface area contributed by atoms with E-state index >= 15 is 0 Å². The molecule has 16 heavy (non-hydrogen) atoms. The van der Waals surface area contributed by atoms with Gasteiger partial charge in [0.05, 0.1) is 0 Å². The molecule has 0 heterocycles. The fourth-order valence-electron chi connectivity index (χ4n) is 1.80. The van der Waals surface area contributed by atoms with Gasteiger partial charge in [-0.1, -0.05) is 12.1 Å². The van der Waals surface area contributed by atoms with Gasteiger partial charge < -0.3 is 10.6 Å². The smallest absolute Gasteiger partial charge is 0.126 e. The third-order valence-electron chi connectivity index (χ3n) is 2.80. The number of nitrogens with two attached hydrogens (primary N) is 1. The Kier molecular flexibility index (Phi) is 5.26. The Morgan fingerprint density at radius 2 is 1.75 bits per heavy atom. The quantitative estimate of drug-likeness (QED) is 0.805. The number of nitrogens with zero attached hydrogens (tertiary/aromatic N) is 1. The third kappa shape index (κ3) is 3.20. The molecule has 0 aliphatic heterocycles. The van der Waals surface area contributed by atoms with Crippen molar-refractivity contribution in [2.45, 2.75) is 26.4 Å². The first-order valence-electron chi connectivity index (χ1n) is 5.92. The topological polar surface area (TPSA) is 29.3 Å². The molecule has 1 atom stereocenters. The number of alkyl halides is 1. The van der Waals surface area contributed by atoms with Gasteiger partial charge in [-0.25, -0.2) is 4.39 Å². The maximum atomic E-state index is 13.5. The predicted octanol–water partition coefficient (Wildman–Crippen LogP) is 2.89. The number of hydrogen-bond donors (Lipinski definition) is 1. The molecule has 0 fully saturated rings. The van der Waals surface area contributed by atoms with E-state index in [0.29, 0.717) is 13.0 Å². The number of benzene rings is 1. The van der Waals surface area contributed by atoms with Crippen molar-refractivity contribution >= 4 is 5.69 Å². The highest BCUT2D eigenvalue weighted by Gasteiger charge is 2.09. The zero-order valence-electron chi connectivity index (χ0n) is 10.1. The largest absolute Gasteiger partial charge is 0.372 e. The van der Waals surface area contributed by atoms with E-state index in [9.17, 15) is 4.39 Å². The Morgan fingerprint density at radius 3 is 2.19 bits per heavy atom. The highest BCUT2D eigenvalue weighted by Crippen LogP contribution is 2.23. The zero-order chi connectivity index (χ0) is 12.0. The lowest BCUT2D eigenvalue weighted by molar-refractivity contribution is 0.328. The van der Waals surface area contributed by atoms with Crippen molar-refractivity contribution in [3.05, 3.63) is 29.8 Å². The minimum absolute atomic E-state index is 0.388. The Hall–Kier alpha value is -1.09. The van der Waals surface area contributed by atoms with Crippen LogP contribution in [0.4, 0.5) is 10.1 Å². The van der Waals surface area contributed by atoms with E-state index in [1.165, 1.54) is 0 Å².